The Morgan fingerprint density at radius 3 is 2.09 bits per heavy atom. The molecule has 5 amide bonds. The first-order valence-corrected chi connectivity index (χ1v) is 10.7. The topological polar surface area (TPSA) is 118 Å². The Morgan fingerprint density at radius 1 is 0.971 bits per heavy atom. The first kappa shape index (κ1) is 26.8. The molecule has 0 radical (unpaired) electrons. The van der Waals surface area contributed by atoms with Gasteiger partial charge in [0.2, 0.25) is 5.91 Å². The number of hydrazine groups is 1. The maximum atomic E-state index is 13.1. The van der Waals surface area contributed by atoms with Crippen LogP contribution in [0.1, 0.15) is 54.0 Å². The van der Waals surface area contributed by atoms with Gasteiger partial charge in [0.25, 0.3) is 0 Å². The van der Waals surface area contributed by atoms with E-state index in [-0.39, 0.29) is 25.5 Å². The van der Waals surface area contributed by atoms with Crippen LogP contribution in [0.3, 0.4) is 0 Å². The molecule has 1 heterocycles. The zero-order chi connectivity index (χ0) is 25.7. The van der Waals surface area contributed by atoms with Crippen molar-refractivity contribution in [3.05, 3.63) is 35.9 Å². The van der Waals surface area contributed by atoms with Crippen LogP contribution in [0.5, 0.6) is 0 Å². The van der Waals surface area contributed by atoms with Crippen molar-refractivity contribution in [2.75, 3.05) is 13.2 Å². The molecule has 1 aliphatic rings. The number of hydrazone groups is 1. The van der Waals surface area contributed by atoms with Gasteiger partial charge in [-0.05, 0) is 47.1 Å². The van der Waals surface area contributed by atoms with Gasteiger partial charge in [0.1, 0.15) is 11.2 Å². The molecule has 1 aliphatic heterocycles. The van der Waals surface area contributed by atoms with Gasteiger partial charge in [-0.15, -0.1) is 10.0 Å². The van der Waals surface area contributed by atoms with Crippen LogP contribution in [-0.2, 0) is 25.6 Å². The number of rotatable bonds is 5. The van der Waals surface area contributed by atoms with Crippen LogP contribution in [0.25, 0.3) is 0 Å². The summed E-state index contributed by atoms with van der Waals surface area (Å²) in [5.41, 5.74) is -0.708. The van der Waals surface area contributed by atoms with Crippen LogP contribution in [-0.4, -0.2) is 69.2 Å². The molecule has 186 valence electrons. The van der Waals surface area contributed by atoms with Crippen molar-refractivity contribution >= 4 is 29.8 Å². The van der Waals surface area contributed by atoms with Gasteiger partial charge in [-0.2, -0.15) is 5.10 Å². The lowest BCUT2D eigenvalue weighted by molar-refractivity contribution is -0.140. The summed E-state index contributed by atoms with van der Waals surface area (Å²) in [4.78, 5) is 50.9. The number of amides is 5. The highest BCUT2D eigenvalue weighted by Crippen LogP contribution is 2.19. The number of benzene rings is 1. The maximum Gasteiger partial charge on any atom is 0.439 e. The van der Waals surface area contributed by atoms with Gasteiger partial charge in [0, 0.05) is 6.92 Å². The fourth-order valence-corrected chi connectivity index (χ4v) is 2.78. The second-order valence-electron chi connectivity index (χ2n) is 9.59. The molecule has 34 heavy (non-hydrogen) atoms. The molecule has 0 aliphatic carbocycles. The second kappa shape index (κ2) is 10.6. The molecule has 0 saturated heterocycles. The Labute approximate surface area is 199 Å². The highest BCUT2D eigenvalue weighted by Gasteiger charge is 2.42. The van der Waals surface area contributed by atoms with Crippen molar-refractivity contribution in [2.45, 2.75) is 66.3 Å². The lowest BCUT2D eigenvalue weighted by atomic mass is 10.2. The van der Waals surface area contributed by atoms with Crippen LogP contribution in [0, 0.1) is 0 Å². The van der Waals surface area contributed by atoms with Crippen molar-refractivity contribution in [3.63, 3.8) is 0 Å². The average Bonchev–Trinajstić information content (AvgIpc) is 2.68. The van der Waals surface area contributed by atoms with E-state index in [2.05, 4.69) is 5.10 Å². The van der Waals surface area contributed by atoms with Gasteiger partial charge >= 0.3 is 18.2 Å². The molecular formula is C23H32N4O7. The van der Waals surface area contributed by atoms with Crippen LogP contribution < -0.4 is 0 Å². The second-order valence-corrected chi connectivity index (χ2v) is 9.59. The predicted molar refractivity (Wildman–Crippen MR) is 122 cm³/mol. The molecule has 0 saturated carbocycles. The van der Waals surface area contributed by atoms with Gasteiger partial charge in [-0.1, -0.05) is 30.3 Å². The average molecular weight is 477 g/mol. The molecule has 2 rings (SSSR count). The van der Waals surface area contributed by atoms with Crippen LogP contribution in [0.15, 0.2) is 35.4 Å². The third-order valence-corrected chi connectivity index (χ3v) is 4.03. The first-order valence-electron chi connectivity index (χ1n) is 10.7. The van der Waals surface area contributed by atoms with Crippen molar-refractivity contribution in [1.82, 2.24) is 15.0 Å². The van der Waals surface area contributed by atoms with E-state index >= 15 is 0 Å². The third-order valence-electron chi connectivity index (χ3n) is 4.03. The number of imide groups is 2. The molecule has 1 aromatic carbocycles. The summed E-state index contributed by atoms with van der Waals surface area (Å²) in [7, 11) is 0. The zero-order valence-corrected chi connectivity index (χ0v) is 20.7. The maximum absolute atomic E-state index is 13.1. The minimum atomic E-state index is -1.07. The Bertz CT molecular complexity index is 948. The summed E-state index contributed by atoms with van der Waals surface area (Å²) in [6.07, 6.45) is -2.13. The number of hydrogen-bond donors (Lipinski definition) is 0. The summed E-state index contributed by atoms with van der Waals surface area (Å²) in [5.74, 6) is -0.779. The molecule has 0 atom stereocenters. The Morgan fingerprint density at radius 2 is 1.56 bits per heavy atom. The smallest absolute Gasteiger partial charge is 0.439 e. The van der Waals surface area contributed by atoms with Crippen molar-refractivity contribution in [3.8, 4) is 0 Å². The lowest BCUT2D eigenvalue weighted by Gasteiger charge is -2.37. The van der Waals surface area contributed by atoms with E-state index in [0.717, 1.165) is 17.5 Å². The molecule has 11 heteroatoms. The zero-order valence-electron chi connectivity index (χ0n) is 20.7. The lowest BCUT2D eigenvalue weighted by Crippen LogP contribution is -2.61. The Balaban J connectivity index is 2.31. The monoisotopic (exact) mass is 476 g/mol. The highest BCUT2D eigenvalue weighted by molar-refractivity contribution is 6.02. The summed E-state index contributed by atoms with van der Waals surface area (Å²) in [5, 5.41) is 5.87. The van der Waals surface area contributed by atoms with E-state index in [4.69, 9.17) is 14.2 Å². The normalized spacial score (nSPS) is 14.4. The molecular weight excluding hydrogens is 444 g/mol. The van der Waals surface area contributed by atoms with Crippen molar-refractivity contribution < 1.29 is 33.4 Å². The van der Waals surface area contributed by atoms with Gasteiger partial charge in [-0.25, -0.2) is 19.4 Å². The summed E-state index contributed by atoms with van der Waals surface area (Å²) >= 11 is 0. The highest BCUT2D eigenvalue weighted by atomic mass is 16.6. The van der Waals surface area contributed by atoms with Crippen LogP contribution >= 0.6 is 0 Å². The number of ether oxygens (including phenoxy) is 3. The van der Waals surface area contributed by atoms with E-state index in [9.17, 15) is 19.2 Å². The largest absolute Gasteiger partial charge is 0.442 e. The Kier molecular flexibility index (Phi) is 8.38. The molecule has 0 bridgehead atoms. The van der Waals surface area contributed by atoms with E-state index in [1.807, 2.05) is 30.3 Å². The fraction of sp³-hybridized carbons (Fsp3) is 0.522. The SMILES string of the molecule is CC(=O)N(C(=O)OC(C)(C)C)N1CC(COCc2ccccc2)=NN(C(=O)OC(C)(C)C)C1=O. The van der Waals surface area contributed by atoms with Gasteiger partial charge in [-0.3, -0.25) is 4.79 Å². The van der Waals surface area contributed by atoms with E-state index in [1.54, 1.807) is 41.5 Å². The van der Waals surface area contributed by atoms with Gasteiger partial charge in [0.05, 0.1) is 25.5 Å². The summed E-state index contributed by atoms with van der Waals surface area (Å²) in [6, 6.07) is 8.34. The number of carbonyl (C=O) groups excluding carboxylic acids is 4. The number of nitrogens with zero attached hydrogens (tertiary/aromatic N) is 4. The standard InChI is InChI=1S/C23H32N4O7/c1-16(28)27(21(31)34-23(5,6)7)25-13-18(15-32-14-17-11-9-8-10-12-17)24-26(19(25)29)20(30)33-22(2,3)4/h8-12H,13-15H2,1-7H3. The van der Waals surface area contributed by atoms with Crippen molar-refractivity contribution in [2.24, 2.45) is 5.10 Å². The van der Waals surface area contributed by atoms with Gasteiger partial charge in [0.15, 0.2) is 0 Å². The first-order chi connectivity index (χ1) is 15.7. The van der Waals surface area contributed by atoms with Crippen LogP contribution in [0.4, 0.5) is 14.4 Å². The minimum absolute atomic E-state index is 0.0714. The van der Waals surface area contributed by atoms with E-state index in [0.29, 0.717) is 10.0 Å². The molecule has 0 aromatic heterocycles. The Hall–Kier alpha value is -3.47. The number of urea groups is 1. The summed E-state index contributed by atoms with van der Waals surface area (Å²) < 4.78 is 16.2. The number of carbonyl (C=O) groups is 4. The fourth-order valence-electron chi connectivity index (χ4n) is 2.78. The minimum Gasteiger partial charge on any atom is -0.442 e. The van der Waals surface area contributed by atoms with E-state index < -0.39 is 35.3 Å². The predicted octanol–water partition coefficient (Wildman–Crippen LogP) is 3.93. The molecule has 0 unspecified atom stereocenters. The molecule has 1 aromatic rings. The number of hydrogen-bond acceptors (Lipinski definition) is 8. The summed E-state index contributed by atoms with van der Waals surface area (Å²) in [6.45, 7) is 10.8. The molecule has 0 fully saturated rings. The molecule has 0 spiro atoms. The van der Waals surface area contributed by atoms with Gasteiger partial charge < -0.3 is 14.2 Å². The van der Waals surface area contributed by atoms with E-state index in [1.165, 1.54) is 0 Å². The molecule has 0 N–H and O–H groups in total. The van der Waals surface area contributed by atoms with Crippen molar-refractivity contribution in [1.29, 1.82) is 0 Å². The molecule has 11 nitrogen and oxygen atoms in total. The van der Waals surface area contributed by atoms with Crippen LogP contribution in [0.2, 0.25) is 0 Å². The quantitative estimate of drug-likeness (QED) is 0.632. The third kappa shape index (κ3) is 7.84.